The summed E-state index contributed by atoms with van der Waals surface area (Å²) < 4.78 is 5.35. The second-order valence-electron chi connectivity index (χ2n) is 4.28. The summed E-state index contributed by atoms with van der Waals surface area (Å²) in [6.45, 7) is 1.85. The molecule has 0 bridgehead atoms. The lowest BCUT2D eigenvalue weighted by atomic mass is 10.2. The first-order valence-electron chi connectivity index (χ1n) is 5.99. The van der Waals surface area contributed by atoms with Crippen LogP contribution in [-0.4, -0.2) is 12.5 Å². The predicted molar refractivity (Wildman–Crippen MR) is 81.8 cm³/mol. The molecule has 0 aliphatic heterocycles. The fourth-order valence-corrected chi connectivity index (χ4v) is 1.90. The Morgan fingerprint density at radius 2 is 1.85 bits per heavy atom. The van der Waals surface area contributed by atoms with Gasteiger partial charge in [-0.3, -0.25) is 4.79 Å². The van der Waals surface area contributed by atoms with Crippen molar-refractivity contribution >= 4 is 34.8 Å². The van der Waals surface area contributed by atoms with E-state index < -0.39 is 0 Å². The predicted octanol–water partition coefficient (Wildman–Crippen LogP) is 4.32. The molecule has 2 aromatic rings. The SMILES string of the molecule is Cc1ccc(NC(=O)COc2cc(Cl)ccc2Cl)cc1. The maximum atomic E-state index is 11.8. The molecule has 0 heterocycles. The van der Waals surface area contributed by atoms with Crippen molar-refractivity contribution < 1.29 is 9.53 Å². The quantitative estimate of drug-likeness (QED) is 0.913. The summed E-state index contributed by atoms with van der Waals surface area (Å²) in [6, 6.07) is 12.4. The van der Waals surface area contributed by atoms with Gasteiger partial charge in [0.05, 0.1) is 5.02 Å². The Bertz CT molecular complexity index is 612. The van der Waals surface area contributed by atoms with Gasteiger partial charge in [0.2, 0.25) is 0 Å². The van der Waals surface area contributed by atoms with E-state index in [2.05, 4.69) is 5.32 Å². The second kappa shape index (κ2) is 6.64. The van der Waals surface area contributed by atoms with Crippen LogP contribution in [0.25, 0.3) is 0 Å². The van der Waals surface area contributed by atoms with Gasteiger partial charge < -0.3 is 10.1 Å². The Balaban J connectivity index is 1.92. The number of nitrogens with one attached hydrogen (secondary N) is 1. The lowest BCUT2D eigenvalue weighted by Crippen LogP contribution is -2.20. The van der Waals surface area contributed by atoms with Gasteiger partial charge in [0.25, 0.3) is 5.91 Å². The third kappa shape index (κ3) is 4.15. The van der Waals surface area contributed by atoms with Gasteiger partial charge >= 0.3 is 0 Å². The van der Waals surface area contributed by atoms with Crippen LogP contribution < -0.4 is 10.1 Å². The van der Waals surface area contributed by atoms with Crippen molar-refractivity contribution in [2.45, 2.75) is 6.92 Å². The first-order chi connectivity index (χ1) is 9.54. The molecule has 5 heteroatoms. The minimum Gasteiger partial charge on any atom is -0.482 e. The van der Waals surface area contributed by atoms with Gasteiger partial charge in [0.15, 0.2) is 6.61 Å². The van der Waals surface area contributed by atoms with Gasteiger partial charge in [0, 0.05) is 16.8 Å². The highest BCUT2D eigenvalue weighted by Crippen LogP contribution is 2.27. The van der Waals surface area contributed by atoms with Crippen LogP contribution in [-0.2, 0) is 4.79 Å². The third-order valence-corrected chi connectivity index (χ3v) is 3.13. The molecule has 0 saturated heterocycles. The summed E-state index contributed by atoms with van der Waals surface area (Å²) in [7, 11) is 0. The molecule has 20 heavy (non-hydrogen) atoms. The summed E-state index contributed by atoms with van der Waals surface area (Å²) >= 11 is 11.8. The van der Waals surface area contributed by atoms with E-state index in [0.717, 1.165) is 11.3 Å². The maximum absolute atomic E-state index is 11.8. The van der Waals surface area contributed by atoms with Gasteiger partial charge in [-0.2, -0.15) is 0 Å². The van der Waals surface area contributed by atoms with Gasteiger partial charge in [-0.05, 0) is 31.2 Å². The average Bonchev–Trinajstić information content (AvgIpc) is 2.42. The van der Waals surface area contributed by atoms with E-state index >= 15 is 0 Å². The van der Waals surface area contributed by atoms with Crippen molar-refractivity contribution in [3.05, 3.63) is 58.1 Å². The number of hydrogen-bond acceptors (Lipinski definition) is 2. The van der Waals surface area contributed by atoms with E-state index in [-0.39, 0.29) is 12.5 Å². The van der Waals surface area contributed by atoms with E-state index in [9.17, 15) is 4.79 Å². The smallest absolute Gasteiger partial charge is 0.262 e. The van der Waals surface area contributed by atoms with Crippen molar-refractivity contribution in [1.82, 2.24) is 0 Å². The fourth-order valence-electron chi connectivity index (χ4n) is 1.57. The highest BCUT2D eigenvalue weighted by atomic mass is 35.5. The number of halogens is 2. The minimum atomic E-state index is -0.259. The van der Waals surface area contributed by atoms with Crippen molar-refractivity contribution in [2.24, 2.45) is 0 Å². The molecule has 0 aliphatic rings. The minimum absolute atomic E-state index is 0.131. The molecule has 0 saturated carbocycles. The lowest BCUT2D eigenvalue weighted by molar-refractivity contribution is -0.118. The van der Waals surface area contributed by atoms with Crippen LogP contribution in [0.2, 0.25) is 10.0 Å². The van der Waals surface area contributed by atoms with Gasteiger partial charge in [0.1, 0.15) is 5.75 Å². The van der Waals surface area contributed by atoms with Gasteiger partial charge in [-0.15, -0.1) is 0 Å². The largest absolute Gasteiger partial charge is 0.482 e. The molecule has 0 unspecified atom stereocenters. The molecule has 0 aromatic heterocycles. The van der Waals surface area contributed by atoms with Crippen LogP contribution in [0.5, 0.6) is 5.75 Å². The fraction of sp³-hybridized carbons (Fsp3) is 0.133. The topological polar surface area (TPSA) is 38.3 Å². The average molecular weight is 310 g/mol. The van der Waals surface area contributed by atoms with Crippen LogP contribution in [0.15, 0.2) is 42.5 Å². The number of ether oxygens (including phenoxy) is 1. The van der Waals surface area contributed by atoms with Crippen molar-refractivity contribution in [1.29, 1.82) is 0 Å². The summed E-state index contributed by atoms with van der Waals surface area (Å²) in [4.78, 5) is 11.8. The molecule has 1 N–H and O–H groups in total. The zero-order chi connectivity index (χ0) is 14.5. The van der Waals surface area contributed by atoms with E-state index in [1.165, 1.54) is 0 Å². The number of amides is 1. The number of aryl methyl sites for hydroxylation is 1. The van der Waals surface area contributed by atoms with Gasteiger partial charge in [-0.25, -0.2) is 0 Å². The summed E-state index contributed by atoms with van der Waals surface area (Å²) in [5.74, 6) is 0.128. The van der Waals surface area contributed by atoms with E-state index in [1.807, 2.05) is 31.2 Å². The molecule has 2 aromatic carbocycles. The van der Waals surface area contributed by atoms with E-state index in [1.54, 1.807) is 18.2 Å². The molecule has 3 nitrogen and oxygen atoms in total. The second-order valence-corrected chi connectivity index (χ2v) is 5.12. The molecule has 0 aliphatic carbocycles. The number of hydrogen-bond donors (Lipinski definition) is 1. The van der Waals surface area contributed by atoms with Crippen molar-refractivity contribution in [3.8, 4) is 5.75 Å². The molecule has 1 amide bonds. The molecule has 0 fully saturated rings. The lowest BCUT2D eigenvalue weighted by Gasteiger charge is -2.09. The van der Waals surface area contributed by atoms with Crippen LogP contribution >= 0.6 is 23.2 Å². The molecule has 0 radical (unpaired) electrons. The van der Waals surface area contributed by atoms with Crippen LogP contribution in [0.1, 0.15) is 5.56 Å². The zero-order valence-electron chi connectivity index (χ0n) is 10.8. The van der Waals surface area contributed by atoms with Crippen molar-refractivity contribution in [2.75, 3.05) is 11.9 Å². The Labute approximate surface area is 127 Å². The number of carbonyl (C=O) groups is 1. The molecule has 0 atom stereocenters. The first kappa shape index (κ1) is 14.7. The van der Waals surface area contributed by atoms with E-state index in [4.69, 9.17) is 27.9 Å². The van der Waals surface area contributed by atoms with Crippen LogP contribution in [0.4, 0.5) is 5.69 Å². The van der Waals surface area contributed by atoms with Crippen LogP contribution in [0.3, 0.4) is 0 Å². The van der Waals surface area contributed by atoms with Crippen molar-refractivity contribution in [3.63, 3.8) is 0 Å². The summed E-state index contributed by atoms with van der Waals surface area (Å²) in [6.07, 6.45) is 0. The Morgan fingerprint density at radius 3 is 2.55 bits per heavy atom. The Morgan fingerprint density at radius 1 is 1.15 bits per heavy atom. The highest BCUT2D eigenvalue weighted by Gasteiger charge is 2.07. The monoisotopic (exact) mass is 309 g/mol. The van der Waals surface area contributed by atoms with Gasteiger partial charge in [-0.1, -0.05) is 40.9 Å². The number of benzene rings is 2. The molecule has 104 valence electrons. The first-order valence-corrected chi connectivity index (χ1v) is 6.74. The molecule has 0 spiro atoms. The number of anilines is 1. The zero-order valence-corrected chi connectivity index (χ0v) is 12.3. The standard InChI is InChI=1S/C15H13Cl2NO2/c1-10-2-5-12(6-3-10)18-15(19)9-20-14-8-11(16)4-7-13(14)17/h2-8H,9H2,1H3,(H,18,19). The number of carbonyl (C=O) groups excluding carboxylic acids is 1. The molecular weight excluding hydrogens is 297 g/mol. The molecule has 2 rings (SSSR count). The maximum Gasteiger partial charge on any atom is 0.262 e. The summed E-state index contributed by atoms with van der Waals surface area (Å²) in [5.41, 5.74) is 1.85. The summed E-state index contributed by atoms with van der Waals surface area (Å²) in [5, 5.41) is 3.65. The Hall–Kier alpha value is -1.71. The normalized spacial score (nSPS) is 10.2. The highest BCUT2D eigenvalue weighted by molar-refractivity contribution is 6.34. The Kier molecular flexibility index (Phi) is 4.88. The molecular formula is C15H13Cl2NO2. The third-order valence-electron chi connectivity index (χ3n) is 2.59. The number of rotatable bonds is 4. The van der Waals surface area contributed by atoms with E-state index in [0.29, 0.717) is 15.8 Å². The van der Waals surface area contributed by atoms with Crippen LogP contribution in [0, 0.1) is 6.92 Å².